The Morgan fingerprint density at radius 3 is 2.63 bits per heavy atom. The van der Waals surface area contributed by atoms with E-state index in [4.69, 9.17) is 21.3 Å². The van der Waals surface area contributed by atoms with E-state index in [-0.39, 0.29) is 17.8 Å². The maximum atomic E-state index is 12.6. The molecule has 2 aliphatic heterocycles. The van der Waals surface area contributed by atoms with Crippen molar-refractivity contribution in [2.75, 3.05) is 29.4 Å². The van der Waals surface area contributed by atoms with Gasteiger partial charge in [-0.25, -0.2) is 15.0 Å². The minimum Gasteiger partial charge on any atom is -0.372 e. The third-order valence-corrected chi connectivity index (χ3v) is 5.09. The zero-order chi connectivity index (χ0) is 19.1. The van der Waals surface area contributed by atoms with E-state index in [0.29, 0.717) is 49.5 Å². The number of anilines is 2. The molecule has 4 rings (SSSR count). The summed E-state index contributed by atoms with van der Waals surface area (Å²) in [5.41, 5.74) is 1.48. The fourth-order valence-electron chi connectivity index (χ4n) is 3.80. The first kappa shape index (κ1) is 18.2. The molecule has 9 heteroatoms. The van der Waals surface area contributed by atoms with Crippen molar-refractivity contribution >= 4 is 23.4 Å². The highest BCUT2D eigenvalue weighted by Crippen LogP contribution is 2.24. The van der Waals surface area contributed by atoms with Gasteiger partial charge in [0.05, 0.1) is 24.4 Å². The predicted octanol–water partition coefficient (Wildman–Crippen LogP) is 1.70. The summed E-state index contributed by atoms with van der Waals surface area (Å²) in [5.74, 6) is 1.99. The lowest BCUT2D eigenvalue weighted by Gasteiger charge is -2.36. The fourth-order valence-corrected chi connectivity index (χ4v) is 4.02. The second kappa shape index (κ2) is 7.09. The first-order valence-electron chi connectivity index (χ1n) is 9.17. The molecule has 2 aromatic heterocycles. The van der Waals surface area contributed by atoms with Crippen LogP contribution in [0.15, 0.2) is 10.9 Å². The Hall–Kier alpha value is -2.19. The third kappa shape index (κ3) is 3.77. The number of nitrogens with zero attached hydrogens (tertiary/aromatic N) is 5. The van der Waals surface area contributed by atoms with Gasteiger partial charge in [0.2, 0.25) is 5.95 Å². The first-order valence-corrected chi connectivity index (χ1v) is 9.55. The van der Waals surface area contributed by atoms with Gasteiger partial charge in [-0.3, -0.25) is 9.78 Å². The molecule has 1 N–H and O–H groups in total. The summed E-state index contributed by atoms with van der Waals surface area (Å²) in [4.78, 5) is 33.1. The molecule has 8 nitrogen and oxygen atoms in total. The van der Waals surface area contributed by atoms with Gasteiger partial charge in [-0.1, -0.05) is 11.6 Å². The van der Waals surface area contributed by atoms with Gasteiger partial charge in [0, 0.05) is 31.3 Å². The number of aryl methyl sites for hydroxylation is 1. The molecule has 0 aromatic carbocycles. The van der Waals surface area contributed by atoms with E-state index in [2.05, 4.69) is 24.8 Å². The van der Waals surface area contributed by atoms with E-state index in [0.717, 1.165) is 17.1 Å². The van der Waals surface area contributed by atoms with Crippen LogP contribution in [0.25, 0.3) is 0 Å². The number of ether oxygens (including phenoxy) is 1. The summed E-state index contributed by atoms with van der Waals surface area (Å²) in [5, 5.41) is 0.416. The lowest BCUT2D eigenvalue weighted by Crippen LogP contribution is -2.47. The first-order chi connectivity index (χ1) is 12.9. The highest BCUT2D eigenvalue weighted by molar-refractivity contribution is 6.29. The molecule has 2 atom stereocenters. The van der Waals surface area contributed by atoms with Gasteiger partial charge < -0.3 is 14.5 Å². The summed E-state index contributed by atoms with van der Waals surface area (Å²) in [6.45, 7) is 8.50. The number of halogens is 1. The molecule has 0 saturated carbocycles. The molecule has 4 heterocycles. The Labute approximate surface area is 162 Å². The normalized spacial score (nSPS) is 22.7. The summed E-state index contributed by atoms with van der Waals surface area (Å²) in [6.07, 6.45) is 0.810. The van der Waals surface area contributed by atoms with E-state index in [9.17, 15) is 4.79 Å². The molecule has 1 saturated heterocycles. The monoisotopic (exact) mass is 390 g/mol. The van der Waals surface area contributed by atoms with Crippen molar-refractivity contribution in [3.8, 4) is 0 Å². The highest BCUT2D eigenvalue weighted by Gasteiger charge is 2.27. The number of fused-ring (bicyclic) bond motifs is 1. The zero-order valence-corrected chi connectivity index (χ0v) is 16.5. The lowest BCUT2D eigenvalue weighted by atomic mass is 10.1. The van der Waals surface area contributed by atoms with Crippen molar-refractivity contribution < 1.29 is 4.74 Å². The second-order valence-electron chi connectivity index (χ2n) is 7.24. The number of aromatic nitrogens is 4. The molecular formula is C18H23ClN6O2. The van der Waals surface area contributed by atoms with E-state index in [1.165, 1.54) is 0 Å². The highest BCUT2D eigenvalue weighted by atomic mass is 35.5. The number of morpholine rings is 1. The molecule has 0 radical (unpaired) electrons. The fraction of sp³-hybridized carbons (Fsp3) is 0.556. The Balaban J connectivity index is 1.64. The average Bonchev–Trinajstić information content (AvgIpc) is 2.59. The molecule has 144 valence electrons. The van der Waals surface area contributed by atoms with Crippen molar-refractivity contribution in [1.82, 2.24) is 19.9 Å². The van der Waals surface area contributed by atoms with Crippen LogP contribution in [0.2, 0.25) is 5.15 Å². The van der Waals surface area contributed by atoms with Crippen molar-refractivity contribution in [2.24, 2.45) is 0 Å². The largest absolute Gasteiger partial charge is 0.372 e. The minimum atomic E-state index is -0.0571. The molecule has 0 amide bonds. The molecular weight excluding hydrogens is 368 g/mol. The van der Waals surface area contributed by atoms with Gasteiger partial charge in [0.25, 0.3) is 5.56 Å². The molecule has 0 bridgehead atoms. The van der Waals surface area contributed by atoms with Crippen LogP contribution in [0.4, 0.5) is 11.8 Å². The summed E-state index contributed by atoms with van der Waals surface area (Å²) in [6, 6.07) is 1.75. The maximum Gasteiger partial charge on any atom is 0.255 e. The van der Waals surface area contributed by atoms with Crippen LogP contribution in [0.3, 0.4) is 0 Å². The summed E-state index contributed by atoms with van der Waals surface area (Å²) >= 11 is 6.08. The van der Waals surface area contributed by atoms with Gasteiger partial charge in [-0.2, -0.15) is 0 Å². The van der Waals surface area contributed by atoms with Crippen LogP contribution in [0.5, 0.6) is 0 Å². The number of rotatable bonds is 2. The van der Waals surface area contributed by atoms with E-state index in [1.807, 2.05) is 20.8 Å². The lowest BCUT2D eigenvalue weighted by molar-refractivity contribution is -0.00575. The quantitative estimate of drug-likeness (QED) is 0.781. The van der Waals surface area contributed by atoms with Gasteiger partial charge in [-0.15, -0.1) is 0 Å². The van der Waals surface area contributed by atoms with Gasteiger partial charge in [0.15, 0.2) is 0 Å². The standard InChI is InChI=1S/C18H23ClN6O2/c1-10-7-25(8-11(2)27-10)18-22-14-9-24(5-4-13(14)17(26)23-18)16-6-15(19)20-12(3)21-16/h6,10-11H,4-5,7-9H2,1-3H3,(H,22,23,26)/t10-,11-/m0/s1. The molecule has 0 unspecified atom stereocenters. The van der Waals surface area contributed by atoms with Crippen LogP contribution >= 0.6 is 11.6 Å². The van der Waals surface area contributed by atoms with Crippen molar-refractivity contribution in [1.29, 1.82) is 0 Å². The van der Waals surface area contributed by atoms with E-state index < -0.39 is 0 Å². The number of aromatic amines is 1. The van der Waals surface area contributed by atoms with Crippen LogP contribution in [0, 0.1) is 6.92 Å². The number of nitrogens with one attached hydrogen (secondary N) is 1. The molecule has 0 aliphatic carbocycles. The Bertz CT molecular complexity index is 887. The Kier molecular flexibility index (Phi) is 4.77. The minimum absolute atomic E-state index is 0.0571. The van der Waals surface area contributed by atoms with Crippen LogP contribution in [-0.2, 0) is 17.7 Å². The average molecular weight is 391 g/mol. The molecule has 1 fully saturated rings. The number of hydrogen-bond acceptors (Lipinski definition) is 7. The van der Waals surface area contributed by atoms with Gasteiger partial charge >= 0.3 is 0 Å². The molecule has 2 aromatic rings. The van der Waals surface area contributed by atoms with Crippen LogP contribution in [-0.4, -0.2) is 51.8 Å². The molecule has 2 aliphatic rings. The molecule has 27 heavy (non-hydrogen) atoms. The smallest absolute Gasteiger partial charge is 0.255 e. The SMILES string of the molecule is Cc1nc(Cl)cc(N2CCc3c(nc(N4C[C@H](C)O[C@@H](C)C4)[nH]c3=O)C2)n1. The molecule has 0 spiro atoms. The van der Waals surface area contributed by atoms with Crippen LogP contribution < -0.4 is 15.4 Å². The van der Waals surface area contributed by atoms with Crippen molar-refractivity contribution in [3.63, 3.8) is 0 Å². The van der Waals surface area contributed by atoms with Gasteiger partial charge in [0.1, 0.15) is 16.8 Å². The van der Waals surface area contributed by atoms with Crippen molar-refractivity contribution in [2.45, 2.75) is 45.9 Å². The zero-order valence-electron chi connectivity index (χ0n) is 15.7. The van der Waals surface area contributed by atoms with E-state index in [1.54, 1.807) is 6.07 Å². The van der Waals surface area contributed by atoms with E-state index >= 15 is 0 Å². The Morgan fingerprint density at radius 2 is 1.93 bits per heavy atom. The second-order valence-corrected chi connectivity index (χ2v) is 7.63. The summed E-state index contributed by atoms with van der Waals surface area (Å²) < 4.78 is 5.78. The van der Waals surface area contributed by atoms with Gasteiger partial charge in [-0.05, 0) is 27.2 Å². The Morgan fingerprint density at radius 1 is 1.19 bits per heavy atom. The van der Waals surface area contributed by atoms with Crippen molar-refractivity contribution in [3.05, 3.63) is 38.7 Å². The maximum absolute atomic E-state index is 12.6. The number of H-pyrrole nitrogens is 1. The summed E-state index contributed by atoms with van der Waals surface area (Å²) in [7, 11) is 0. The topological polar surface area (TPSA) is 87.2 Å². The third-order valence-electron chi connectivity index (χ3n) is 4.90. The number of hydrogen-bond donors (Lipinski definition) is 1. The predicted molar refractivity (Wildman–Crippen MR) is 104 cm³/mol. The van der Waals surface area contributed by atoms with Crippen LogP contribution in [0.1, 0.15) is 30.9 Å².